The number of carboxylic acids is 1. The van der Waals surface area contributed by atoms with Crippen LogP contribution in [0, 0.1) is 0 Å². The number of carbonyl (C=O) groups is 2. The third-order valence-corrected chi connectivity index (χ3v) is 6.01. The standard InChI is InChI=1S/C27H36N4O4/c1-3-4-16-29-27(34)31(25-13-9-6-10-17-28-25)24-19-20(18-23(26(32)33)30-35-2)14-15-22(24)21-11-7-5-8-12-21/h5,7-8,11-12,14-15,19,23,30H,3-4,6,9-10,13,16-18H2,1-2H3,(H,29,34)(H,32,33). The SMILES string of the molecule is CCCCNC(=O)N(C1=NCCCCC1)c1cc(CC(NOC)C(=O)O)ccc1-c1ccccc1. The van der Waals surface area contributed by atoms with Crippen molar-refractivity contribution in [3.05, 3.63) is 54.1 Å². The molecule has 8 nitrogen and oxygen atoms in total. The van der Waals surface area contributed by atoms with Crippen LogP contribution in [0.25, 0.3) is 11.1 Å². The number of aliphatic carboxylic acids is 1. The summed E-state index contributed by atoms with van der Waals surface area (Å²) in [6.45, 7) is 3.36. The molecule has 3 N–H and O–H groups in total. The van der Waals surface area contributed by atoms with E-state index < -0.39 is 12.0 Å². The summed E-state index contributed by atoms with van der Waals surface area (Å²) in [5.41, 5.74) is 5.87. The van der Waals surface area contributed by atoms with E-state index in [0.717, 1.165) is 54.6 Å². The molecule has 0 saturated heterocycles. The van der Waals surface area contributed by atoms with Gasteiger partial charge >= 0.3 is 12.0 Å². The second-order valence-corrected chi connectivity index (χ2v) is 8.66. The molecule has 1 aliphatic heterocycles. The molecule has 0 bridgehead atoms. The first-order chi connectivity index (χ1) is 17.0. The Morgan fingerprint density at radius 1 is 1.14 bits per heavy atom. The van der Waals surface area contributed by atoms with Crippen molar-refractivity contribution < 1.29 is 19.5 Å². The summed E-state index contributed by atoms with van der Waals surface area (Å²) in [6.07, 6.45) is 5.83. The molecule has 2 amide bonds. The normalized spacial score (nSPS) is 14.5. The maximum Gasteiger partial charge on any atom is 0.327 e. The molecule has 35 heavy (non-hydrogen) atoms. The topological polar surface area (TPSA) is 103 Å². The van der Waals surface area contributed by atoms with Gasteiger partial charge in [0.2, 0.25) is 0 Å². The van der Waals surface area contributed by atoms with E-state index in [1.165, 1.54) is 7.11 Å². The Kier molecular flexibility index (Phi) is 10.3. The summed E-state index contributed by atoms with van der Waals surface area (Å²) in [4.78, 5) is 36.6. The highest BCUT2D eigenvalue weighted by atomic mass is 16.6. The van der Waals surface area contributed by atoms with Crippen molar-refractivity contribution in [1.82, 2.24) is 10.8 Å². The number of amides is 2. The van der Waals surface area contributed by atoms with Crippen LogP contribution >= 0.6 is 0 Å². The van der Waals surface area contributed by atoms with Crippen molar-refractivity contribution in [1.29, 1.82) is 0 Å². The average molecular weight is 481 g/mol. The zero-order valence-electron chi connectivity index (χ0n) is 20.6. The molecule has 1 aliphatic rings. The van der Waals surface area contributed by atoms with Crippen molar-refractivity contribution in [3.8, 4) is 11.1 Å². The number of amidine groups is 1. The summed E-state index contributed by atoms with van der Waals surface area (Å²) in [5.74, 6) is -0.265. The first-order valence-corrected chi connectivity index (χ1v) is 12.4. The van der Waals surface area contributed by atoms with Gasteiger partial charge in [0.15, 0.2) is 0 Å². The van der Waals surface area contributed by atoms with Gasteiger partial charge in [0.25, 0.3) is 0 Å². The van der Waals surface area contributed by atoms with Gasteiger partial charge in [-0.3, -0.25) is 9.79 Å². The van der Waals surface area contributed by atoms with Gasteiger partial charge in [-0.25, -0.2) is 9.69 Å². The van der Waals surface area contributed by atoms with Gasteiger partial charge in [-0.15, -0.1) is 0 Å². The van der Waals surface area contributed by atoms with E-state index in [4.69, 9.17) is 9.83 Å². The van der Waals surface area contributed by atoms with Crippen LogP contribution in [-0.4, -0.2) is 49.2 Å². The molecule has 1 atom stereocenters. The van der Waals surface area contributed by atoms with E-state index >= 15 is 0 Å². The summed E-state index contributed by atoms with van der Waals surface area (Å²) in [6, 6.07) is 14.5. The van der Waals surface area contributed by atoms with Crippen LogP contribution in [0.5, 0.6) is 0 Å². The smallest absolute Gasteiger partial charge is 0.327 e. The summed E-state index contributed by atoms with van der Waals surface area (Å²) >= 11 is 0. The Labute approximate surface area is 207 Å². The highest BCUT2D eigenvalue weighted by Gasteiger charge is 2.26. The minimum absolute atomic E-state index is 0.197. The maximum atomic E-state index is 13.6. The number of anilines is 1. The molecule has 0 saturated carbocycles. The predicted molar refractivity (Wildman–Crippen MR) is 139 cm³/mol. The zero-order valence-corrected chi connectivity index (χ0v) is 20.6. The number of carbonyl (C=O) groups excluding carboxylic acids is 1. The Bertz CT molecular complexity index is 1010. The van der Waals surface area contributed by atoms with Crippen LogP contribution in [0.2, 0.25) is 0 Å². The highest BCUT2D eigenvalue weighted by molar-refractivity contribution is 6.18. The first kappa shape index (κ1) is 26.4. The minimum Gasteiger partial charge on any atom is -0.480 e. The number of unbranched alkanes of at least 4 members (excludes halogenated alkanes) is 1. The zero-order chi connectivity index (χ0) is 25.0. The fraction of sp³-hybridized carbons (Fsp3) is 0.444. The van der Waals surface area contributed by atoms with Crippen LogP contribution in [0.1, 0.15) is 51.0 Å². The number of aliphatic imine (C=N–C) groups is 1. The Hall–Kier alpha value is -3.23. The van der Waals surface area contributed by atoms with E-state index in [1.54, 1.807) is 4.90 Å². The molecule has 0 spiro atoms. The van der Waals surface area contributed by atoms with Crippen molar-refractivity contribution in [2.24, 2.45) is 4.99 Å². The number of urea groups is 1. The molecule has 0 aromatic heterocycles. The monoisotopic (exact) mass is 480 g/mol. The van der Waals surface area contributed by atoms with Crippen molar-refractivity contribution >= 4 is 23.5 Å². The second kappa shape index (κ2) is 13.6. The lowest BCUT2D eigenvalue weighted by Gasteiger charge is -2.28. The number of rotatable bonds is 10. The molecule has 2 aromatic carbocycles. The number of hydrogen-bond donors (Lipinski definition) is 3. The van der Waals surface area contributed by atoms with Crippen LogP contribution in [0.3, 0.4) is 0 Å². The van der Waals surface area contributed by atoms with Gasteiger partial charge in [0, 0.05) is 31.5 Å². The largest absolute Gasteiger partial charge is 0.480 e. The fourth-order valence-corrected chi connectivity index (χ4v) is 4.17. The van der Waals surface area contributed by atoms with Crippen molar-refractivity contribution in [2.45, 2.75) is 57.9 Å². The second-order valence-electron chi connectivity index (χ2n) is 8.66. The summed E-state index contributed by atoms with van der Waals surface area (Å²) in [5, 5.41) is 12.6. The molecule has 0 aliphatic carbocycles. The van der Waals surface area contributed by atoms with E-state index in [1.807, 2.05) is 48.5 Å². The van der Waals surface area contributed by atoms with Gasteiger partial charge in [-0.2, -0.15) is 5.48 Å². The molecule has 0 radical (unpaired) electrons. The van der Waals surface area contributed by atoms with Crippen LogP contribution in [-0.2, 0) is 16.1 Å². The molecule has 1 unspecified atom stereocenters. The van der Waals surface area contributed by atoms with Gasteiger partial charge in [0.1, 0.15) is 11.9 Å². The van der Waals surface area contributed by atoms with Gasteiger partial charge in [0.05, 0.1) is 12.8 Å². The number of nitrogens with one attached hydrogen (secondary N) is 2. The molecule has 1 heterocycles. The molecule has 188 valence electrons. The number of nitrogens with zero attached hydrogens (tertiary/aromatic N) is 2. The molecule has 0 fully saturated rings. The van der Waals surface area contributed by atoms with Crippen LogP contribution in [0.4, 0.5) is 10.5 Å². The number of hydrogen-bond acceptors (Lipinski definition) is 5. The highest BCUT2D eigenvalue weighted by Crippen LogP contribution is 2.34. The molecular formula is C27H36N4O4. The Morgan fingerprint density at radius 2 is 1.94 bits per heavy atom. The maximum absolute atomic E-state index is 13.6. The molecule has 8 heteroatoms. The van der Waals surface area contributed by atoms with E-state index in [-0.39, 0.29) is 12.5 Å². The van der Waals surface area contributed by atoms with Crippen LogP contribution < -0.4 is 15.7 Å². The number of benzene rings is 2. The molecule has 3 rings (SSSR count). The van der Waals surface area contributed by atoms with Gasteiger partial charge in [-0.05, 0) is 36.5 Å². The lowest BCUT2D eigenvalue weighted by molar-refractivity contribution is -0.143. The Morgan fingerprint density at radius 3 is 2.66 bits per heavy atom. The number of hydroxylamine groups is 1. The van der Waals surface area contributed by atoms with Gasteiger partial charge in [-0.1, -0.05) is 62.2 Å². The van der Waals surface area contributed by atoms with Crippen molar-refractivity contribution in [2.75, 3.05) is 25.1 Å². The quantitative estimate of drug-likeness (QED) is 0.335. The lowest BCUT2D eigenvalue weighted by atomic mass is 9.97. The molecule has 2 aromatic rings. The number of carboxylic acid groups (broad SMARTS) is 1. The van der Waals surface area contributed by atoms with Crippen molar-refractivity contribution in [3.63, 3.8) is 0 Å². The first-order valence-electron chi connectivity index (χ1n) is 12.4. The summed E-state index contributed by atoms with van der Waals surface area (Å²) in [7, 11) is 1.40. The lowest BCUT2D eigenvalue weighted by Crippen LogP contribution is -2.45. The predicted octanol–water partition coefficient (Wildman–Crippen LogP) is 4.79. The Balaban J connectivity index is 2.10. The molecular weight excluding hydrogens is 444 g/mol. The van der Waals surface area contributed by atoms with E-state index in [2.05, 4.69) is 17.7 Å². The average Bonchev–Trinajstić information content (AvgIpc) is 3.14. The van der Waals surface area contributed by atoms with E-state index in [0.29, 0.717) is 25.2 Å². The third kappa shape index (κ3) is 7.37. The minimum atomic E-state index is -1.01. The fourth-order valence-electron chi connectivity index (χ4n) is 4.17. The van der Waals surface area contributed by atoms with Crippen LogP contribution in [0.15, 0.2) is 53.5 Å². The summed E-state index contributed by atoms with van der Waals surface area (Å²) < 4.78 is 0. The van der Waals surface area contributed by atoms with Gasteiger partial charge < -0.3 is 15.3 Å². The third-order valence-electron chi connectivity index (χ3n) is 6.01. The van der Waals surface area contributed by atoms with E-state index in [9.17, 15) is 14.7 Å².